The molecule has 0 bridgehead atoms. The summed E-state index contributed by atoms with van der Waals surface area (Å²) in [5.74, 6) is -7.11. The number of methoxy groups -OCH3 is 1. The lowest BCUT2D eigenvalue weighted by Gasteiger charge is -2.42. The molecule has 4 aromatic rings. The monoisotopic (exact) mass is 1290 g/mol. The molecule has 1 saturated heterocycles. The molecule has 8 rings (SSSR count). The third-order valence-corrected chi connectivity index (χ3v) is 16.3. The molecule has 4 aliphatic rings. The fourth-order valence-corrected chi connectivity index (χ4v) is 11.3. The summed E-state index contributed by atoms with van der Waals surface area (Å²) in [4.78, 5) is 143. The number of phenols is 2. The molecule has 13 N–H and O–H groups in total. The Morgan fingerprint density at radius 1 is 0.774 bits per heavy atom. The first-order chi connectivity index (χ1) is 44.3. The van der Waals surface area contributed by atoms with Gasteiger partial charge in [-0.25, -0.2) is 14.4 Å². The molecule has 29 nitrogen and oxygen atoms in total. The zero-order valence-corrected chi connectivity index (χ0v) is 51.3. The quantitative estimate of drug-likeness (QED) is 0.0204. The van der Waals surface area contributed by atoms with Crippen molar-refractivity contribution in [1.29, 1.82) is 0 Å². The number of Topliss-reactive ketones (excluding diaryl/α,β-unsaturated/α-hetero) is 1. The molecule has 0 aromatic heterocycles. The lowest BCUT2D eigenvalue weighted by molar-refractivity contribution is -0.249. The molecule has 496 valence electrons. The summed E-state index contributed by atoms with van der Waals surface area (Å²) in [6.07, 6.45) is -4.39. The molecule has 4 aromatic carbocycles. The van der Waals surface area contributed by atoms with E-state index in [1.165, 1.54) is 56.5 Å². The van der Waals surface area contributed by atoms with Crippen LogP contribution in [0.2, 0.25) is 0 Å². The first-order valence-corrected chi connectivity index (χ1v) is 30.1. The Kier molecular flexibility index (Phi) is 22.7. The molecule has 2 aliphatic heterocycles. The van der Waals surface area contributed by atoms with Crippen LogP contribution in [0.15, 0.2) is 78.9 Å². The van der Waals surface area contributed by atoms with Crippen molar-refractivity contribution in [2.75, 3.05) is 37.4 Å². The normalized spacial score (nSPS) is 20.3. The molecular formula is C64H74N8O21. The maximum atomic E-state index is 14.1. The number of benzene rings is 4. The minimum atomic E-state index is -2.42. The van der Waals surface area contributed by atoms with Gasteiger partial charge in [0.1, 0.15) is 60.9 Å². The van der Waals surface area contributed by atoms with E-state index in [2.05, 4.69) is 31.9 Å². The number of hydrogen-bond donors (Lipinski definition) is 12. The highest BCUT2D eigenvalue weighted by Gasteiger charge is 2.51. The van der Waals surface area contributed by atoms with E-state index >= 15 is 0 Å². The summed E-state index contributed by atoms with van der Waals surface area (Å²) in [6.45, 7) is 3.69. The van der Waals surface area contributed by atoms with Crippen molar-refractivity contribution in [3.05, 3.63) is 123 Å². The number of fused-ring (bicyclic) bond motifs is 3. The van der Waals surface area contributed by atoms with Gasteiger partial charge in [-0.05, 0) is 80.0 Å². The van der Waals surface area contributed by atoms with Gasteiger partial charge in [-0.3, -0.25) is 48.6 Å². The van der Waals surface area contributed by atoms with Crippen molar-refractivity contribution in [3.8, 4) is 17.2 Å². The summed E-state index contributed by atoms with van der Waals surface area (Å²) in [6, 6.07) is 12.7. The van der Waals surface area contributed by atoms with Crippen molar-refractivity contribution in [2.24, 2.45) is 11.7 Å². The minimum Gasteiger partial charge on any atom is -0.507 e. The highest BCUT2D eigenvalue weighted by atomic mass is 16.7. The number of unbranched alkanes of at least 4 members (excludes halogenated alkanes) is 2. The number of carbonyl (C=O) groups excluding carboxylic acids is 11. The van der Waals surface area contributed by atoms with Gasteiger partial charge in [0.2, 0.25) is 23.5 Å². The van der Waals surface area contributed by atoms with Gasteiger partial charge >= 0.3 is 18.2 Å². The van der Waals surface area contributed by atoms with Crippen LogP contribution in [0.5, 0.6) is 17.2 Å². The van der Waals surface area contributed by atoms with Gasteiger partial charge in [-0.2, -0.15) is 0 Å². The third-order valence-electron chi connectivity index (χ3n) is 16.3. The van der Waals surface area contributed by atoms with E-state index < -0.39 is 144 Å². The van der Waals surface area contributed by atoms with E-state index in [0.717, 1.165) is 4.90 Å². The summed E-state index contributed by atoms with van der Waals surface area (Å²) in [7, 11) is 1.28. The molecule has 9 amide bonds. The second-order valence-corrected chi connectivity index (χ2v) is 23.2. The number of alkyl carbamates (subject to hydrolysis) is 1. The van der Waals surface area contributed by atoms with Crippen molar-refractivity contribution >= 4 is 76.5 Å². The fourth-order valence-electron chi connectivity index (χ4n) is 11.3. The van der Waals surface area contributed by atoms with Gasteiger partial charge in [0.25, 0.3) is 11.8 Å². The average molecular weight is 1290 g/mol. The molecule has 29 heteroatoms. The molecule has 0 radical (unpaired) electrons. The molecule has 8 atom stereocenters. The number of phenolic OH excluding ortho intramolecular Hbond substituents is 2. The lowest BCUT2D eigenvalue weighted by atomic mass is 9.72. The smallest absolute Gasteiger partial charge is 0.411 e. The number of aliphatic hydroxyl groups is 3. The number of nitrogens with zero attached hydrogens (tertiary/aromatic N) is 1. The van der Waals surface area contributed by atoms with Gasteiger partial charge in [0, 0.05) is 79.0 Å². The Morgan fingerprint density at radius 2 is 1.41 bits per heavy atom. The number of carbonyl (C=O) groups is 11. The predicted molar refractivity (Wildman–Crippen MR) is 326 cm³/mol. The van der Waals surface area contributed by atoms with Crippen molar-refractivity contribution in [2.45, 2.75) is 140 Å². The zero-order valence-electron chi connectivity index (χ0n) is 51.3. The largest absolute Gasteiger partial charge is 0.507 e. The number of nitrogens with two attached hydrogens (primary N) is 1. The maximum Gasteiger partial charge on any atom is 0.411 e. The van der Waals surface area contributed by atoms with Gasteiger partial charge in [-0.1, -0.05) is 56.7 Å². The molecular weight excluding hydrogens is 1220 g/mol. The summed E-state index contributed by atoms with van der Waals surface area (Å²) in [5, 5.41) is 72.1. The molecule has 1 unspecified atom stereocenters. The zero-order chi connectivity index (χ0) is 67.4. The fraction of sp³-hybridized carbons (Fsp3) is 0.422. The lowest BCUT2D eigenvalue weighted by Crippen LogP contribution is -2.56. The number of imide groups is 1. The average Bonchev–Trinajstić information content (AvgIpc) is 0.917. The van der Waals surface area contributed by atoms with Crippen LogP contribution in [-0.2, 0) is 67.3 Å². The highest BCUT2D eigenvalue weighted by molar-refractivity contribution is 6.31. The highest BCUT2D eigenvalue weighted by Crippen LogP contribution is 2.52. The number of urea groups is 1. The molecule has 93 heavy (non-hydrogen) atoms. The van der Waals surface area contributed by atoms with Gasteiger partial charge in [0.15, 0.2) is 17.9 Å². The number of ether oxygens (including phenoxy) is 5. The summed E-state index contributed by atoms with van der Waals surface area (Å²) < 4.78 is 28.4. The number of anilines is 2. The van der Waals surface area contributed by atoms with Crippen LogP contribution in [0.4, 0.5) is 25.8 Å². The van der Waals surface area contributed by atoms with Gasteiger partial charge in [-0.15, -0.1) is 0 Å². The number of nitrogens with one attached hydrogen (secondary N) is 6. The Bertz CT molecular complexity index is 3560. The number of aliphatic hydroxyl groups excluding tert-OH is 2. The van der Waals surface area contributed by atoms with Crippen LogP contribution in [0.3, 0.4) is 0 Å². The number of hydrogen-bond acceptors (Lipinski definition) is 21. The second-order valence-electron chi connectivity index (χ2n) is 23.2. The first-order valence-electron chi connectivity index (χ1n) is 30.1. The van der Waals surface area contributed by atoms with E-state index in [4.69, 9.17) is 29.4 Å². The van der Waals surface area contributed by atoms with Crippen molar-refractivity contribution in [1.82, 2.24) is 26.2 Å². The summed E-state index contributed by atoms with van der Waals surface area (Å²) >= 11 is 0. The number of rotatable bonds is 27. The minimum absolute atomic E-state index is 0.0207. The second kappa shape index (κ2) is 30.5. The SMILES string of the molecule is COc1cccc2c1C(=O)c1c(O)c3c(c(O)c1C2=O)C[C@@](O)(C(=O)CO)CC3O[C@H]1C[C@@H](NC(=O)OCc2ccc(NC(=O)OCc3ccc(NC(=O)[C@H](CCCNC(N)=O)NC(=O)[C@@H](NC(=O)CCCCCN4C(=O)C=CC4=O)C(C)C)cc3)cc2)[C@H](O)[C@@H](C)O1. The number of aromatic hydroxyl groups is 2. The van der Waals surface area contributed by atoms with Crippen LogP contribution >= 0.6 is 0 Å². The molecule has 1 fully saturated rings. The van der Waals surface area contributed by atoms with E-state index in [0.29, 0.717) is 41.8 Å². The van der Waals surface area contributed by atoms with E-state index in [1.807, 2.05) is 0 Å². The van der Waals surface area contributed by atoms with Crippen LogP contribution < -0.4 is 42.4 Å². The Balaban J connectivity index is 0.803. The predicted octanol–water partition coefficient (Wildman–Crippen LogP) is 3.22. The molecule has 2 aliphatic carbocycles. The molecule has 0 spiro atoms. The summed E-state index contributed by atoms with van der Waals surface area (Å²) in [5.41, 5.74) is 2.45. The topological polar surface area (TPSA) is 437 Å². The standard InChI is InChI=1S/C64H74N8O21/c1-32(2)53(71-45(75)13-6-5-7-25-72-46(76)22-23-47(72)77)60(84)69-40(11-9-24-66-61(65)85)59(83)67-36-18-14-34(15-19-36)30-90-62(86)68-37-20-16-35(17-21-37)31-91-63(87)70-41-26-48(92-33(3)54(41)78)93-43-28-64(88,44(74)29-73)27-39-50(43)58(82)52-51(56(39)80)55(79)38-10-8-12-42(89-4)49(38)57(52)81/h8,10,12,14-23,32-33,40-41,43,48,53-54,73,78,80,82,88H,5-7,9,11,13,24-31H2,1-4H3,(H,67,83)(H,68,86)(H,69,84)(H,70,87)(H,71,75)(H3,65,66,85)/t33-,40+,41-,43?,48+,53+,54-,64+/m1/s1. The van der Waals surface area contributed by atoms with E-state index in [-0.39, 0.29) is 97.7 Å². The molecule has 2 heterocycles. The maximum absolute atomic E-state index is 14.1. The van der Waals surface area contributed by atoms with Crippen molar-refractivity contribution < 1.29 is 102 Å². The Morgan fingerprint density at radius 3 is 2.03 bits per heavy atom. The number of amides is 9. The third kappa shape index (κ3) is 16.6. The van der Waals surface area contributed by atoms with E-state index in [1.54, 1.807) is 50.2 Å². The Hall–Kier alpha value is -9.81. The first kappa shape index (κ1) is 69.1. The van der Waals surface area contributed by atoms with Crippen LogP contribution in [-0.4, -0.2) is 165 Å². The van der Waals surface area contributed by atoms with Gasteiger partial charge in [0.05, 0.1) is 42.0 Å². The van der Waals surface area contributed by atoms with Crippen LogP contribution in [0, 0.1) is 5.92 Å². The van der Waals surface area contributed by atoms with Crippen LogP contribution in [0.25, 0.3) is 0 Å². The van der Waals surface area contributed by atoms with Crippen LogP contribution in [0.1, 0.15) is 132 Å². The molecule has 0 saturated carbocycles. The van der Waals surface area contributed by atoms with E-state index in [9.17, 15) is 78.3 Å². The van der Waals surface area contributed by atoms with Gasteiger partial charge < -0.3 is 81.5 Å². The number of ketones is 3. The number of primary amides is 1. The Labute approximate surface area is 532 Å². The van der Waals surface area contributed by atoms with Crippen molar-refractivity contribution in [3.63, 3.8) is 0 Å².